The van der Waals surface area contributed by atoms with Crippen molar-refractivity contribution < 1.29 is 0 Å². The smallest absolute Gasteiger partial charge is 0.110 e. The fourth-order valence-electron chi connectivity index (χ4n) is 2.83. The van der Waals surface area contributed by atoms with Crippen molar-refractivity contribution in [3.8, 4) is 0 Å². The number of rotatable bonds is 4. The first kappa shape index (κ1) is 15.3. The van der Waals surface area contributed by atoms with Crippen molar-refractivity contribution in [2.45, 2.75) is 49.4 Å². The van der Waals surface area contributed by atoms with Crippen LogP contribution in [0.3, 0.4) is 0 Å². The molecule has 106 valence electrons. The van der Waals surface area contributed by atoms with Gasteiger partial charge in [-0.1, -0.05) is 13.8 Å². The zero-order valence-corrected chi connectivity index (χ0v) is 14.3. The van der Waals surface area contributed by atoms with Gasteiger partial charge < -0.3 is 5.32 Å². The van der Waals surface area contributed by atoms with Crippen LogP contribution in [-0.4, -0.2) is 23.3 Å². The van der Waals surface area contributed by atoms with Crippen molar-refractivity contribution in [2.24, 2.45) is 11.8 Å². The maximum absolute atomic E-state index is 4.50. The summed E-state index contributed by atoms with van der Waals surface area (Å²) in [5.74, 6) is 1.64. The van der Waals surface area contributed by atoms with Gasteiger partial charge in [-0.2, -0.15) is 0 Å². The van der Waals surface area contributed by atoms with E-state index in [4.69, 9.17) is 0 Å². The van der Waals surface area contributed by atoms with Gasteiger partial charge in [0.25, 0.3) is 0 Å². The van der Waals surface area contributed by atoms with Crippen LogP contribution in [0.1, 0.15) is 33.1 Å². The van der Waals surface area contributed by atoms with E-state index in [2.05, 4.69) is 53.2 Å². The van der Waals surface area contributed by atoms with Gasteiger partial charge in [0.2, 0.25) is 0 Å². The van der Waals surface area contributed by atoms with Crippen molar-refractivity contribution in [3.05, 3.63) is 22.8 Å². The second-order valence-corrected chi connectivity index (χ2v) is 7.74. The first-order valence-electron chi connectivity index (χ1n) is 7.06. The van der Waals surface area contributed by atoms with Gasteiger partial charge in [0, 0.05) is 22.0 Å². The number of hydrogen-bond acceptors (Lipinski definition) is 3. The predicted molar refractivity (Wildman–Crippen MR) is 86.6 cm³/mol. The third-order valence-electron chi connectivity index (χ3n) is 4.13. The van der Waals surface area contributed by atoms with Crippen molar-refractivity contribution >= 4 is 27.7 Å². The number of halogens is 1. The first-order chi connectivity index (χ1) is 9.11. The minimum atomic E-state index is 0.605. The molecule has 1 fully saturated rings. The number of nitrogens with zero attached hydrogens (tertiary/aromatic N) is 1. The molecule has 2 nitrogen and oxygen atoms in total. The summed E-state index contributed by atoms with van der Waals surface area (Å²) >= 11 is 5.53. The van der Waals surface area contributed by atoms with Crippen LogP contribution in [0.2, 0.25) is 0 Å². The van der Waals surface area contributed by atoms with E-state index in [1.54, 1.807) is 0 Å². The highest BCUT2D eigenvalue weighted by Gasteiger charge is 2.32. The lowest BCUT2D eigenvalue weighted by molar-refractivity contribution is 0.251. The molecule has 3 atom stereocenters. The quantitative estimate of drug-likeness (QED) is 0.880. The highest BCUT2D eigenvalue weighted by atomic mass is 79.9. The van der Waals surface area contributed by atoms with Gasteiger partial charge in [-0.25, -0.2) is 4.98 Å². The monoisotopic (exact) mass is 342 g/mol. The molecule has 1 N–H and O–H groups in total. The minimum Gasteiger partial charge on any atom is -0.316 e. The summed E-state index contributed by atoms with van der Waals surface area (Å²) in [6.45, 7) is 4.70. The summed E-state index contributed by atoms with van der Waals surface area (Å²) in [6.07, 6.45) is 5.80. The molecule has 2 rings (SSSR count). The fourth-order valence-corrected chi connectivity index (χ4v) is 4.73. The molecule has 0 amide bonds. The summed E-state index contributed by atoms with van der Waals surface area (Å²) < 4.78 is 1.11. The highest BCUT2D eigenvalue weighted by molar-refractivity contribution is 9.10. The molecule has 19 heavy (non-hydrogen) atoms. The van der Waals surface area contributed by atoms with Gasteiger partial charge in [-0.05, 0) is 66.2 Å². The SMILES string of the molecule is CNC1CCC(C(C)C)CC1Sc1ncccc1Br. The maximum Gasteiger partial charge on any atom is 0.110 e. The van der Waals surface area contributed by atoms with E-state index < -0.39 is 0 Å². The summed E-state index contributed by atoms with van der Waals surface area (Å²) in [5.41, 5.74) is 0. The van der Waals surface area contributed by atoms with Crippen LogP contribution in [0.5, 0.6) is 0 Å². The van der Waals surface area contributed by atoms with Gasteiger partial charge in [0.1, 0.15) is 5.03 Å². The van der Waals surface area contributed by atoms with Crippen LogP contribution in [0, 0.1) is 11.8 Å². The normalized spacial score (nSPS) is 27.7. The molecular formula is C15H23BrN2S. The van der Waals surface area contributed by atoms with Crippen LogP contribution in [0.15, 0.2) is 27.8 Å². The summed E-state index contributed by atoms with van der Waals surface area (Å²) in [5, 5.41) is 5.23. The number of nitrogens with one attached hydrogen (secondary N) is 1. The molecule has 0 spiro atoms. The van der Waals surface area contributed by atoms with Gasteiger partial charge in [-0.3, -0.25) is 0 Å². The van der Waals surface area contributed by atoms with Gasteiger partial charge in [0.15, 0.2) is 0 Å². The molecule has 0 bridgehead atoms. The van der Waals surface area contributed by atoms with Crippen molar-refractivity contribution in [1.82, 2.24) is 10.3 Å². The molecule has 1 aliphatic carbocycles. The topological polar surface area (TPSA) is 24.9 Å². The average Bonchev–Trinajstić information content (AvgIpc) is 2.41. The maximum atomic E-state index is 4.50. The van der Waals surface area contributed by atoms with E-state index in [1.807, 2.05) is 24.0 Å². The molecule has 1 aliphatic rings. The predicted octanol–water partition coefficient (Wildman–Crippen LogP) is 4.35. The molecule has 1 heterocycles. The van der Waals surface area contributed by atoms with Gasteiger partial charge in [0.05, 0.1) is 0 Å². The number of pyridine rings is 1. The van der Waals surface area contributed by atoms with Crippen molar-refractivity contribution in [3.63, 3.8) is 0 Å². The largest absolute Gasteiger partial charge is 0.316 e. The lowest BCUT2D eigenvalue weighted by atomic mass is 9.79. The Bertz CT molecular complexity index is 411. The Morgan fingerprint density at radius 2 is 2.21 bits per heavy atom. The summed E-state index contributed by atoms with van der Waals surface area (Å²) in [7, 11) is 2.08. The van der Waals surface area contributed by atoms with E-state index in [0.29, 0.717) is 11.3 Å². The molecule has 1 aromatic rings. The molecular weight excluding hydrogens is 320 g/mol. The van der Waals surface area contributed by atoms with E-state index in [0.717, 1.165) is 21.3 Å². The molecule has 4 heteroatoms. The lowest BCUT2D eigenvalue weighted by Gasteiger charge is -2.37. The van der Waals surface area contributed by atoms with Gasteiger partial charge >= 0.3 is 0 Å². The Morgan fingerprint density at radius 3 is 2.84 bits per heavy atom. The van der Waals surface area contributed by atoms with E-state index in [9.17, 15) is 0 Å². The zero-order valence-electron chi connectivity index (χ0n) is 11.9. The number of hydrogen-bond donors (Lipinski definition) is 1. The van der Waals surface area contributed by atoms with Gasteiger partial charge in [-0.15, -0.1) is 11.8 Å². The third-order valence-corrected chi connectivity index (χ3v) is 6.41. The molecule has 0 radical (unpaired) electrons. The molecule has 3 unspecified atom stereocenters. The fraction of sp³-hybridized carbons (Fsp3) is 0.667. The molecule has 1 aromatic heterocycles. The number of thioether (sulfide) groups is 1. The summed E-state index contributed by atoms with van der Waals surface area (Å²) in [4.78, 5) is 4.50. The van der Waals surface area contributed by atoms with Crippen LogP contribution in [-0.2, 0) is 0 Å². The van der Waals surface area contributed by atoms with E-state index in [1.165, 1.54) is 19.3 Å². The van der Waals surface area contributed by atoms with Crippen molar-refractivity contribution in [1.29, 1.82) is 0 Å². The van der Waals surface area contributed by atoms with E-state index >= 15 is 0 Å². The first-order valence-corrected chi connectivity index (χ1v) is 8.73. The highest BCUT2D eigenvalue weighted by Crippen LogP contribution is 2.40. The second kappa shape index (κ2) is 7.09. The molecule has 0 aromatic carbocycles. The van der Waals surface area contributed by atoms with Crippen LogP contribution in [0.25, 0.3) is 0 Å². The lowest BCUT2D eigenvalue weighted by Crippen LogP contribution is -2.41. The van der Waals surface area contributed by atoms with Crippen LogP contribution >= 0.6 is 27.7 Å². The Labute approximate surface area is 129 Å². The Balaban J connectivity index is 2.08. The van der Waals surface area contributed by atoms with Crippen LogP contribution < -0.4 is 5.32 Å². The Hall–Kier alpha value is -0.0600. The van der Waals surface area contributed by atoms with Crippen molar-refractivity contribution in [2.75, 3.05) is 7.05 Å². The van der Waals surface area contributed by atoms with Crippen LogP contribution in [0.4, 0.5) is 0 Å². The third kappa shape index (κ3) is 3.96. The zero-order chi connectivity index (χ0) is 13.8. The molecule has 0 aliphatic heterocycles. The van der Waals surface area contributed by atoms with E-state index in [-0.39, 0.29) is 0 Å². The molecule has 1 saturated carbocycles. The Kier molecular flexibility index (Phi) is 5.72. The Morgan fingerprint density at radius 1 is 1.42 bits per heavy atom. The standard InChI is InChI=1S/C15H23BrN2S/c1-10(2)11-6-7-13(17-3)14(9-11)19-15-12(16)5-4-8-18-15/h4-5,8,10-11,13-14,17H,6-7,9H2,1-3H3. The minimum absolute atomic E-state index is 0.605. The number of aromatic nitrogens is 1. The summed E-state index contributed by atoms with van der Waals surface area (Å²) in [6, 6.07) is 4.66. The second-order valence-electron chi connectivity index (χ2n) is 5.66. The average molecular weight is 343 g/mol. The molecule has 0 saturated heterocycles.